The number of carbonyl (C=O) groups excluding carboxylic acids is 1. The normalized spacial score (nSPS) is 9.94. The van der Waals surface area contributed by atoms with Crippen molar-refractivity contribution in [3.8, 4) is 12.3 Å². The van der Waals surface area contributed by atoms with Crippen molar-refractivity contribution >= 4 is 5.91 Å². The van der Waals surface area contributed by atoms with Crippen molar-refractivity contribution in [1.29, 1.82) is 0 Å². The van der Waals surface area contributed by atoms with Crippen molar-refractivity contribution in [1.82, 2.24) is 20.1 Å². The number of nitrogens with zero attached hydrogens (tertiary/aromatic N) is 3. The first-order valence-electron chi connectivity index (χ1n) is 5.68. The molecule has 0 radical (unpaired) electrons. The summed E-state index contributed by atoms with van der Waals surface area (Å²) in [5, 5.41) is 6.74. The maximum Gasteiger partial charge on any atom is 0.222 e. The number of terminal acetylenes is 1. The summed E-state index contributed by atoms with van der Waals surface area (Å²) in [6, 6.07) is 0. The van der Waals surface area contributed by atoms with E-state index < -0.39 is 0 Å². The van der Waals surface area contributed by atoms with Gasteiger partial charge in [-0.3, -0.25) is 9.89 Å². The maximum atomic E-state index is 11.7. The molecule has 0 aliphatic heterocycles. The number of unbranched alkanes of at least 4 members (excludes halogenated alkanes) is 2. The lowest BCUT2D eigenvalue weighted by atomic mass is 10.2. The van der Waals surface area contributed by atoms with E-state index in [2.05, 4.69) is 21.1 Å². The topological polar surface area (TPSA) is 61.9 Å². The Morgan fingerprint density at radius 3 is 2.88 bits per heavy atom. The van der Waals surface area contributed by atoms with Gasteiger partial charge in [-0.2, -0.15) is 5.10 Å². The second-order valence-corrected chi connectivity index (χ2v) is 4.00. The largest absolute Gasteiger partial charge is 0.338 e. The molecule has 1 aromatic rings. The summed E-state index contributed by atoms with van der Waals surface area (Å²) in [5.74, 6) is 4.07. The van der Waals surface area contributed by atoms with Crippen LogP contribution in [0.3, 0.4) is 0 Å². The van der Waals surface area contributed by atoms with Crippen LogP contribution in [0.15, 0.2) is 0 Å². The van der Waals surface area contributed by atoms with Crippen molar-refractivity contribution in [3.63, 3.8) is 0 Å². The minimum Gasteiger partial charge on any atom is -0.338 e. The van der Waals surface area contributed by atoms with E-state index in [-0.39, 0.29) is 5.91 Å². The standard InChI is InChI=1S/C12H18N4O/c1-4-5-6-7-8-12(17)16(3)9-11-13-10(2)14-15-11/h1H,5-9H2,2-3H3,(H,13,14,15). The Morgan fingerprint density at radius 2 is 2.29 bits per heavy atom. The van der Waals surface area contributed by atoms with E-state index >= 15 is 0 Å². The molecule has 5 heteroatoms. The molecule has 17 heavy (non-hydrogen) atoms. The van der Waals surface area contributed by atoms with Crippen LogP contribution in [0.4, 0.5) is 0 Å². The third kappa shape index (κ3) is 4.68. The number of aromatic amines is 1. The van der Waals surface area contributed by atoms with Gasteiger partial charge < -0.3 is 4.90 Å². The Labute approximate surface area is 102 Å². The van der Waals surface area contributed by atoms with Crippen molar-refractivity contribution in [2.24, 2.45) is 0 Å². The van der Waals surface area contributed by atoms with Gasteiger partial charge in [0.2, 0.25) is 5.91 Å². The summed E-state index contributed by atoms with van der Waals surface area (Å²) in [7, 11) is 1.76. The van der Waals surface area contributed by atoms with Crippen molar-refractivity contribution in [2.75, 3.05) is 7.05 Å². The second-order valence-electron chi connectivity index (χ2n) is 4.00. The van der Waals surface area contributed by atoms with Gasteiger partial charge in [0.15, 0.2) is 5.82 Å². The molecule has 0 atom stereocenters. The van der Waals surface area contributed by atoms with E-state index in [0.717, 1.165) is 25.1 Å². The van der Waals surface area contributed by atoms with Crippen LogP contribution in [0.1, 0.15) is 37.3 Å². The molecule has 0 saturated heterocycles. The lowest BCUT2D eigenvalue weighted by Crippen LogP contribution is -2.26. The first-order valence-corrected chi connectivity index (χ1v) is 5.68. The van der Waals surface area contributed by atoms with E-state index in [0.29, 0.717) is 18.8 Å². The van der Waals surface area contributed by atoms with Gasteiger partial charge in [0.1, 0.15) is 5.82 Å². The van der Waals surface area contributed by atoms with E-state index in [4.69, 9.17) is 6.42 Å². The molecular weight excluding hydrogens is 216 g/mol. The van der Waals surface area contributed by atoms with Crippen LogP contribution in [0.5, 0.6) is 0 Å². The molecule has 0 aliphatic carbocycles. The molecule has 1 rings (SSSR count). The molecule has 0 bridgehead atoms. The molecule has 5 nitrogen and oxygen atoms in total. The molecule has 0 spiro atoms. The predicted octanol–water partition coefficient (Wildman–Crippen LogP) is 1.27. The molecule has 92 valence electrons. The fraction of sp³-hybridized carbons (Fsp3) is 0.583. The number of hydrogen-bond acceptors (Lipinski definition) is 3. The third-order valence-corrected chi connectivity index (χ3v) is 2.41. The lowest BCUT2D eigenvalue weighted by molar-refractivity contribution is -0.130. The Bertz CT molecular complexity index is 405. The molecule has 1 N–H and O–H groups in total. The zero-order valence-corrected chi connectivity index (χ0v) is 10.4. The lowest BCUT2D eigenvalue weighted by Gasteiger charge is -2.14. The van der Waals surface area contributed by atoms with Gasteiger partial charge >= 0.3 is 0 Å². The zero-order chi connectivity index (χ0) is 12.7. The number of aryl methyl sites for hydroxylation is 1. The van der Waals surface area contributed by atoms with Gasteiger partial charge in [0.25, 0.3) is 0 Å². The van der Waals surface area contributed by atoms with Crippen LogP contribution in [-0.4, -0.2) is 33.0 Å². The highest BCUT2D eigenvalue weighted by molar-refractivity contribution is 5.75. The summed E-state index contributed by atoms with van der Waals surface area (Å²) in [4.78, 5) is 17.5. The zero-order valence-electron chi connectivity index (χ0n) is 10.4. The van der Waals surface area contributed by atoms with Crippen LogP contribution in [0.2, 0.25) is 0 Å². The molecule has 0 saturated carbocycles. The molecule has 1 amide bonds. The Kier molecular flexibility index (Phi) is 5.21. The number of hydrogen-bond donors (Lipinski definition) is 1. The fourth-order valence-corrected chi connectivity index (χ4v) is 1.45. The Morgan fingerprint density at radius 1 is 1.53 bits per heavy atom. The van der Waals surface area contributed by atoms with Crippen molar-refractivity contribution < 1.29 is 4.79 Å². The molecule has 1 heterocycles. The highest BCUT2D eigenvalue weighted by Crippen LogP contribution is 2.04. The van der Waals surface area contributed by atoms with E-state index in [1.807, 2.05) is 6.92 Å². The fourth-order valence-electron chi connectivity index (χ4n) is 1.45. The summed E-state index contributed by atoms with van der Waals surface area (Å²) in [6.45, 7) is 2.27. The summed E-state index contributed by atoms with van der Waals surface area (Å²) < 4.78 is 0. The van der Waals surface area contributed by atoms with Crippen molar-refractivity contribution in [2.45, 2.75) is 39.2 Å². The Hall–Kier alpha value is -1.83. The summed E-state index contributed by atoms with van der Waals surface area (Å²) in [6.07, 6.45) is 8.14. The van der Waals surface area contributed by atoms with Crippen LogP contribution in [0, 0.1) is 19.3 Å². The van der Waals surface area contributed by atoms with Gasteiger partial charge in [-0.25, -0.2) is 4.98 Å². The Balaban J connectivity index is 2.30. The van der Waals surface area contributed by atoms with E-state index in [9.17, 15) is 4.79 Å². The highest BCUT2D eigenvalue weighted by Gasteiger charge is 2.10. The van der Waals surface area contributed by atoms with Crippen LogP contribution >= 0.6 is 0 Å². The first-order chi connectivity index (χ1) is 8.13. The predicted molar refractivity (Wildman–Crippen MR) is 64.9 cm³/mol. The quantitative estimate of drug-likeness (QED) is 0.595. The average molecular weight is 234 g/mol. The number of nitrogens with one attached hydrogen (secondary N) is 1. The van der Waals surface area contributed by atoms with E-state index in [1.165, 1.54) is 0 Å². The van der Waals surface area contributed by atoms with Gasteiger partial charge in [0, 0.05) is 19.9 Å². The third-order valence-electron chi connectivity index (χ3n) is 2.41. The minimum atomic E-state index is 0.101. The average Bonchev–Trinajstić information content (AvgIpc) is 2.70. The second kappa shape index (κ2) is 6.69. The molecule has 0 aliphatic rings. The van der Waals surface area contributed by atoms with Gasteiger partial charge in [-0.05, 0) is 19.8 Å². The van der Waals surface area contributed by atoms with Gasteiger partial charge in [-0.1, -0.05) is 0 Å². The first kappa shape index (κ1) is 13.2. The summed E-state index contributed by atoms with van der Waals surface area (Å²) >= 11 is 0. The number of aromatic nitrogens is 3. The molecule has 0 unspecified atom stereocenters. The van der Waals surface area contributed by atoms with Crippen LogP contribution < -0.4 is 0 Å². The van der Waals surface area contributed by atoms with Crippen LogP contribution in [-0.2, 0) is 11.3 Å². The highest BCUT2D eigenvalue weighted by atomic mass is 16.2. The maximum absolute atomic E-state index is 11.7. The van der Waals surface area contributed by atoms with Crippen LogP contribution in [0.25, 0.3) is 0 Å². The SMILES string of the molecule is C#CCCCCC(=O)N(C)Cc1n[nH]c(C)n1. The number of carbonyl (C=O) groups is 1. The number of amides is 1. The molecule has 0 aromatic carbocycles. The number of rotatable bonds is 6. The summed E-state index contributed by atoms with van der Waals surface area (Å²) in [5.41, 5.74) is 0. The van der Waals surface area contributed by atoms with E-state index in [1.54, 1.807) is 11.9 Å². The molecule has 1 aromatic heterocycles. The van der Waals surface area contributed by atoms with Gasteiger partial charge in [-0.15, -0.1) is 12.3 Å². The molecule has 0 fully saturated rings. The smallest absolute Gasteiger partial charge is 0.222 e. The monoisotopic (exact) mass is 234 g/mol. The molecular formula is C12H18N4O. The minimum absolute atomic E-state index is 0.101. The van der Waals surface area contributed by atoms with Gasteiger partial charge in [0.05, 0.1) is 6.54 Å². The number of H-pyrrole nitrogens is 1. The van der Waals surface area contributed by atoms with Crippen molar-refractivity contribution in [3.05, 3.63) is 11.6 Å².